The van der Waals surface area contributed by atoms with Crippen LogP contribution in [0.1, 0.15) is 61.8 Å². The summed E-state index contributed by atoms with van der Waals surface area (Å²) in [6, 6.07) is 7.17. The quantitative estimate of drug-likeness (QED) is 0.800. The Balaban J connectivity index is 1.43. The van der Waals surface area contributed by atoms with E-state index in [1.54, 1.807) is 0 Å². The molecule has 0 spiro atoms. The largest absolute Gasteiger partial charge is 0.349 e. The molecule has 2 fully saturated rings. The molecule has 4 atom stereocenters. The molecule has 0 bridgehead atoms. The maximum absolute atomic E-state index is 12.8. The molecule has 1 saturated heterocycles. The summed E-state index contributed by atoms with van der Waals surface area (Å²) in [5, 5.41) is 3.28. The number of amides is 1. The topological polar surface area (TPSA) is 53.2 Å². The second-order valence-electron chi connectivity index (χ2n) is 7.81. The number of rotatable bonds is 3. The van der Waals surface area contributed by atoms with E-state index in [1.165, 1.54) is 48.8 Å². The number of carbonyl (C=O) groups excluding carboxylic acids is 1. The first-order chi connectivity index (χ1) is 11.7. The predicted octanol–water partition coefficient (Wildman–Crippen LogP) is 2.64. The van der Waals surface area contributed by atoms with Crippen LogP contribution in [0.2, 0.25) is 0 Å². The number of fused-ring (bicyclic) bond motifs is 2. The van der Waals surface area contributed by atoms with Crippen molar-refractivity contribution in [2.45, 2.75) is 64.0 Å². The van der Waals surface area contributed by atoms with Gasteiger partial charge in [-0.3, -0.25) is 15.6 Å². The molecule has 1 heterocycles. The minimum Gasteiger partial charge on any atom is -0.349 e. The molecule has 3 N–H and O–H groups in total. The van der Waals surface area contributed by atoms with E-state index < -0.39 is 0 Å². The zero-order valence-corrected chi connectivity index (χ0v) is 14.6. The van der Waals surface area contributed by atoms with Crippen LogP contribution in [0.15, 0.2) is 18.2 Å². The zero-order chi connectivity index (χ0) is 16.5. The van der Waals surface area contributed by atoms with Crippen LogP contribution in [0.4, 0.5) is 0 Å². The molecule has 4 rings (SSSR count). The normalized spacial score (nSPS) is 30.3. The van der Waals surface area contributed by atoms with Gasteiger partial charge in [0, 0.05) is 12.6 Å². The van der Waals surface area contributed by atoms with Crippen LogP contribution in [0, 0.1) is 11.8 Å². The second kappa shape index (κ2) is 6.85. The van der Waals surface area contributed by atoms with Crippen molar-refractivity contribution in [1.82, 2.24) is 16.2 Å². The Morgan fingerprint density at radius 3 is 2.88 bits per heavy atom. The van der Waals surface area contributed by atoms with Crippen LogP contribution in [0.5, 0.6) is 0 Å². The van der Waals surface area contributed by atoms with E-state index in [1.807, 2.05) is 0 Å². The Morgan fingerprint density at radius 2 is 2.00 bits per heavy atom. The van der Waals surface area contributed by atoms with E-state index in [2.05, 4.69) is 41.3 Å². The van der Waals surface area contributed by atoms with Gasteiger partial charge in [0.05, 0.1) is 12.0 Å². The molecule has 1 aliphatic heterocycles. The number of nitrogens with one attached hydrogen (secondary N) is 3. The number of hydrazine groups is 1. The van der Waals surface area contributed by atoms with Gasteiger partial charge >= 0.3 is 0 Å². The Labute approximate surface area is 144 Å². The third kappa shape index (κ3) is 3.09. The van der Waals surface area contributed by atoms with Gasteiger partial charge in [-0.15, -0.1) is 0 Å². The van der Waals surface area contributed by atoms with Gasteiger partial charge in [0.2, 0.25) is 5.91 Å². The molecule has 2 aliphatic carbocycles. The molecule has 130 valence electrons. The van der Waals surface area contributed by atoms with Crippen LogP contribution >= 0.6 is 0 Å². The molecule has 4 nitrogen and oxygen atoms in total. The molecular formula is C20H29N3O. The third-order valence-electron chi connectivity index (χ3n) is 6.23. The molecule has 3 aliphatic rings. The molecule has 1 amide bonds. The van der Waals surface area contributed by atoms with Crippen molar-refractivity contribution in [1.29, 1.82) is 0 Å². The lowest BCUT2D eigenvalue weighted by molar-refractivity contribution is -0.127. The van der Waals surface area contributed by atoms with Crippen LogP contribution < -0.4 is 16.2 Å². The van der Waals surface area contributed by atoms with Gasteiger partial charge in [-0.2, -0.15) is 0 Å². The van der Waals surface area contributed by atoms with Gasteiger partial charge < -0.3 is 5.32 Å². The Morgan fingerprint density at radius 1 is 1.17 bits per heavy atom. The number of aryl methyl sites for hydroxylation is 2. The number of benzene rings is 1. The van der Waals surface area contributed by atoms with Crippen LogP contribution in [0.25, 0.3) is 0 Å². The standard InChI is InChI=1S/C20H29N3O/c1-13(15-10-9-14-5-2-3-6-16(14)11-15)22-20(24)18-8-4-7-17-12-21-23-19(17)18/h9-11,13,17-19,21,23H,2-8,12H2,1H3,(H,22,24). The monoisotopic (exact) mass is 327 g/mol. The van der Waals surface area contributed by atoms with Crippen molar-refractivity contribution in [2.75, 3.05) is 6.54 Å². The summed E-state index contributed by atoms with van der Waals surface area (Å²) in [4.78, 5) is 12.8. The molecule has 24 heavy (non-hydrogen) atoms. The fourth-order valence-corrected chi connectivity index (χ4v) is 4.76. The maximum Gasteiger partial charge on any atom is 0.225 e. The molecule has 0 aromatic heterocycles. The first-order valence-electron chi connectivity index (χ1n) is 9.63. The minimum atomic E-state index is 0.0828. The van der Waals surface area contributed by atoms with Gasteiger partial charge in [-0.1, -0.05) is 24.6 Å². The van der Waals surface area contributed by atoms with Gasteiger partial charge in [0.1, 0.15) is 0 Å². The first kappa shape index (κ1) is 16.1. The Hall–Kier alpha value is -1.39. The Kier molecular flexibility index (Phi) is 4.59. The number of hydrogen-bond acceptors (Lipinski definition) is 3. The van der Waals surface area contributed by atoms with E-state index in [-0.39, 0.29) is 17.9 Å². The van der Waals surface area contributed by atoms with Gasteiger partial charge in [0.15, 0.2) is 0 Å². The highest BCUT2D eigenvalue weighted by Gasteiger charge is 2.40. The summed E-state index contributed by atoms with van der Waals surface area (Å²) >= 11 is 0. The van der Waals surface area contributed by atoms with Crippen molar-refractivity contribution >= 4 is 5.91 Å². The predicted molar refractivity (Wildman–Crippen MR) is 95.4 cm³/mol. The highest BCUT2D eigenvalue weighted by Crippen LogP contribution is 2.32. The lowest BCUT2D eigenvalue weighted by Crippen LogP contribution is -2.48. The maximum atomic E-state index is 12.8. The average Bonchev–Trinajstić information content (AvgIpc) is 3.09. The van der Waals surface area contributed by atoms with Crippen molar-refractivity contribution in [3.63, 3.8) is 0 Å². The molecular weight excluding hydrogens is 298 g/mol. The molecule has 1 aromatic rings. The number of carbonyl (C=O) groups is 1. The van der Waals surface area contributed by atoms with Crippen molar-refractivity contribution in [2.24, 2.45) is 11.8 Å². The first-order valence-corrected chi connectivity index (χ1v) is 9.63. The second-order valence-corrected chi connectivity index (χ2v) is 7.81. The summed E-state index contributed by atoms with van der Waals surface area (Å²) in [5.41, 5.74) is 10.8. The van der Waals surface area contributed by atoms with Crippen molar-refractivity contribution in [3.05, 3.63) is 34.9 Å². The molecule has 4 heteroatoms. The van der Waals surface area contributed by atoms with Crippen molar-refractivity contribution in [3.8, 4) is 0 Å². The van der Waals surface area contributed by atoms with E-state index in [0.717, 1.165) is 19.4 Å². The third-order valence-corrected chi connectivity index (χ3v) is 6.23. The van der Waals surface area contributed by atoms with Gasteiger partial charge in [-0.05, 0) is 68.1 Å². The van der Waals surface area contributed by atoms with E-state index in [4.69, 9.17) is 0 Å². The summed E-state index contributed by atoms with van der Waals surface area (Å²) in [6.07, 6.45) is 8.39. The SMILES string of the molecule is CC(NC(=O)C1CCCC2CNNC21)c1ccc2c(c1)CCCC2. The zero-order valence-electron chi connectivity index (χ0n) is 14.6. The fraction of sp³-hybridized carbons (Fsp3) is 0.650. The smallest absolute Gasteiger partial charge is 0.225 e. The Bertz CT molecular complexity index is 615. The fourth-order valence-electron chi connectivity index (χ4n) is 4.76. The van der Waals surface area contributed by atoms with E-state index >= 15 is 0 Å². The summed E-state index contributed by atoms with van der Waals surface area (Å²) in [7, 11) is 0. The molecule has 1 aromatic carbocycles. The lowest BCUT2D eigenvalue weighted by atomic mass is 9.77. The average molecular weight is 327 g/mol. The molecule has 1 saturated carbocycles. The summed E-state index contributed by atoms with van der Waals surface area (Å²) < 4.78 is 0. The van der Waals surface area contributed by atoms with Crippen LogP contribution in [-0.2, 0) is 17.6 Å². The molecule has 4 unspecified atom stereocenters. The number of hydrogen-bond donors (Lipinski definition) is 3. The minimum absolute atomic E-state index is 0.0828. The van der Waals surface area contributed by atoms with Crippen LogP contribution in [-0.4, -0.2) is 18.5 Å². The van der Waals surface area contributed by atoms with Crippen molar-refractivity contribution < 1.29 is 4.79 Å². The van der Waals surface area contributed by atoms with E-state index in [9.17, 15) is 4.79 Å². The highest BCUT2D eigenvalue weighted by atomic mass is 16.2. The van der Waals surface area contributed by atoms with Gasteiger partial charge in [0.25, 0.3) is 0 Å². The van der Waals surface area contributed by atoms with Crippen LogP contribution in [0.3, 0.4) is 0 Å². The summed E-state index contributed by atoms with van der Waals surface area (Å²) in [6.45, 7) is 3.11. The summed E-state index contributed by atoms with van der Waals surface area (Å²) in [5.74, 6) is 0.915. The highest BCUT2D eigenvalue weighted by molar-refractivity contribution is 5.80. The van der Waals surface area contributed by atoms with Gasteiger partial charge in [-0.25, -0.2) is 0 Å². The van der Waals surface area contributed by atoms with E-state index in [0.29, 0.717) is 12.0 Å². The molecule has 0 radical (unpaired) electrons. The lowest BCUT2D eigenvalue weighted by Gasteiger charge is -2.32.